The van der Waals surface area contributed by atoms with Crippen molar-refractivity contribution >= 4 is 6.29 Å². The monoisotopic (exact) mass is 150 g/mol. The normalized spacial score (nSPS) is 16.8. The average molecular weight is 150 g/mol. The summed E-state index contributed by atoms with van der Waals surface area (Å²) in [7, 11) is 0. The molecule has 0 N–H and O–H groups in total. The molecule has 1 aliphatic carbocycles. The minimum Gasteiger partial charge on any atom is -0.458 e. The van der Waals surface area contributed by atoms with Crippen molar-refractivity contribution in [1.82, 2.24) is 0 Å². The lowest BCUT2D eigenvalue weighted by molar-refractivity contribution is 0.109. The largest absolute Gasteiger partial charge is 0.458 e. The number of carbonyl (C=O) groups is 1. The van der Waals surface area contributed by atoms with Gasteiger partial charge in [0.25, 0.3) is 0 Å². The number of hydrogen-bond acceptors (Lipinski definition) is 2. The summed E-state index contributed by atoms with van der Waals surface area (Å²) in [5.74, 6) is 2.08. The quantitative estimate of drug-likeness (QED) is 0.605. The molecule has 1 aromatic heterocycles. The van der Waals surface area contributed by atoms with Crippen LogP contribution in [0.25, 0.3) is 0 Å². The maximum Gasteiger partial charge on any atom is 0.185 e. The Morgan fingerprint density at radius 3 is 2.82 bits per heavy atom. The summed E-state index contributed by atoms with van der Waals surface area (Å²) >= 11 is 0. The summed E-state index contributed by atoms with van der Waals surface area (Å²) < 4.78 is 5.32. The van der Waals surface area contributed by atoms with Crippen molar-refractivity contribution in [2.75, 3.05) is 0 Å². The maximum atomic E-state index is 10.4. The molecule has 0 bridgehead atoms. The molecule has 0 unspecified atom stereocenters. The fraction of sp³-hybridized carbons (Fsp3) is 0.444. The van der Waals surface area contributed by atoms with Crippen molar-refractivity contribution in [1.29, 1.82) is 0 Å². The number of aryl methyl sites for hydroxylation is 1. The lowest BCUT2D eigenvalue weighted by atomic mass is 10.2. The van der Waals surface area contributed by atoms with Crippen molar-refractivity contribution in [3.8, 4) is 0 Å². The summed E-state index contributed by atoms with van der Waals surface area (Å²) in [6, 6.07) is 1.97. The fourth-order valence-electron chi connectivity index (χ4n) is 1.21. The Labute approximate surface area is 65.2 Å². The van der Waals surface area contributed by atoms with Gasteiger partial charge in [0.2, 0.25) is 0 Å². The molecule has 0 amide bonds. The Kier molecular flexibility index (Phi) is 1.34. The van der Waals surface area contributed by atoms with E-state index in [1.54, 1.807) is 0 Å². The van der Waals surface area contributed by atoms with Gasteiger partial charge in [0.1, 0.15) is 5.76 Å². The highest BCUT2D eigenvalue weighted by Crippen LogP contribution is 2.41. The smallest absolute Gasteiger partial charge is 0.185 e. The second-order valence-corrected chi connectivity index (χ2v) is 3.09. The van der Waals surface area contributed by atoms with E-state index in [1.807, 2.05) is 13.0 Å². The van der Waals surface area contributed by atoms with Gasteiger partial charge in [-0.3, -0.25) is 4.79 Å². The van der Waals surface area contributed by atoms with Gasteiger partial charge in [-0.2, -0.15) is 0 Å². The van der Waals surface area contributed by atoms with Crippen LogP contribution in [0.5, 0.6) is 0 Å². The van der Waals surface area contributed by atoms with Gasteiger partial charge >= 0.3 is 0 Å². The zero-order chi connectivity index (χ0) is 7.84. The molecule has 0 saturated heterocycles. The molecular weight excluding hydrogens is 140 g/mol. The molecule has 2 heteroatoms. The molecule has 11 heavy (non-hydrogen) atoms. The second-order valence-electron chi connectivity index (χ2n) is 3.09. The summed E-state index contributed by atoms with van der Waals surface area (Å²) in [4.78, 5) is 10.4. The van der Waals surface area contributed by atoms with Gasteiger partial charge in [-0.05, 0) is 31.4 Å². The molecule has 0 radical (unpaired) electrons. The number of furan rings is 1. The SMILES string of the molecule is Cc1cc(C2CC2)oc1C=O. The summed E-state index contributed by atoms with van der Waals surface area (Å²) in [6.45, 7) is 1.90. The van der Waals surface area contributed by atoms with Crippen LogP contribution in [0.1, 0.15) is 40.6 Å². The van der Waals surface area contributed by atoms with E-state index in [-0.39, 0.29) is 0 Å². The third-order valence-electron chi connectivity index (χ3n) is 2.06. The molecule has 0 spiro atoms. The molecule has 58 valence electrons. The predicted octanol–water partition coefficient (Wildman–Crippen LogP) is 2.28. The molecule has 1 saturated carbocycles. The van der Waals surface area contributed by atoms with Crippen LogP contribution in [0.15, 0.2) is 10.5 Å². The van der Waals surface area contributed by atoms with Crippen molar-refractivity contribution in [2.24, 2.45) is 0 Å². The van der Waals surface area contributed by atoms with Gasteiger partial charge in [0, 0.05) is 5.92 Å². The van der Waals surface area contributed by atoms with Crippen molar-refractivity contribution in [3.63, 3.8) is 0 Å². The van der Waals surface area contributed by atoms with E-state index in [2.05, 4.69) is 0 Å². The molecule has 1 aliphatic rings. The van der Waals surface area contributed by atoms with E-state index < -0.39 is 0 Å². The van der Waals surface area contributed by atoms with Crippen LogP contribution in [0.2, 0.25) is 0 Å². The molecule has 2 rings (SSSR count). The molecular formula is C9H10O2. The van der Waals surface area contributed by atoms with Crippen LogP contribution in [0.3, 0.4) is 0 Å². The van der Waals surface area contributed by atoms with Gasteiger partial charge < -0.3 is 4.42 Å². The Morgan fingerprint density at radius 1 is 1.64 bits per heavy atom. The van der Waals surface area contributed by atoms with Crippen LogP contribution in [-0.2, 0) is 0 Å². The van der Waals surface area contributed by atoms with E-state index in [1.165, 1.54) is 12.8 Å². The van der Waals surface area contributed by atoms with E-state index in [4.69, 9.17) is 4.42 Å². The first-order chi connectivity index (χ1) is 5.31. The van der Waals surface area contributed by atoms with Gasteiger partial charge in [-0.1, -0.05) is 0 Å². The second kappa shape index (κ2) is 2.22. The van der Waals surface area contributed by atoms with Crippen LogP contribution in [0, 0.1) is 6.92 Å². The Morgan fingerprint density at radius 2 is 2.36 bits per heavy atom. The predicted molar refractivity (Wildman–Crippen MR) is 40.8 cm³/mol. The molecule has 1 heterocycles. The molecule has 0 aliphatic heterocycles. The topological polar surface area (TPSA) is 30.2 Å². The van der Waals surface area contributed by atoms with E-state index in [9.17, 15) is 4.79 Å². The Balaban J connectivity index is 2.35. The van der Waals surface area contributed by atoms with Crippen molar-refractivity contribution in [2.45, 2.75) is 25.7 Å². The molecule has 0 atom stereocenters. The zero-order valence-corrected chi connectivity index (χ0v) is 6.46. The minimum absolute atomic E-state index is 0.493. The van der Waals surface area contributed by atoms with E-state index in [0.717, 1.165) is 17.6 Å². The first-order valence-corrected chi connectivity index (χ1v) is 3.87. The van der Waals surface area contributed by atoms with Gasteiger partial charge in [0.15, 0.2) is 12.0 Å². The standard InChI is InChI=1S/C9H10O2/c1-6-4-8(7-2-3-7)11-9(6)5-10/h4-5,7H,2-3H2,1H3. The van der Waals surface area contributed by atoms with E-state index >= 15 is 0 Å². The zero-order valence-electron chi connectivity index (χ0n) is 6.46. The Bertz CT molecular complexity index is 282. The third-order valence-corrected chi connectivity index (χ3v) is 2.06. The molecule has 1 aromatic rings. The number of aldehydes is 1. The van der Waals surface area contributed by atoms with Crippen LogP contribution < -0.4 is 0 Å². The minimum atomic E-state index is 0.493. The van der Waals surface area contributed by atoms with Gasteiger partial charge in [0.05, 0.1) is 0 Å². The first-order valence-electron chi connectivity index (χ1n) is 3.87. The van der Waals surface area contributed by atoms with Crippen LogP contribution in [0.4, 0.5) is 0 Å². The summed E-state index contributed by atoms with van der Waals surface area (Å²) in [5, 5.41) is 0. The third kappa shape index (κ3) is 1.09. The average Bonchev–Trinajstić information content (AvgIpc) is 2.76. The van der Waals surface area contributed by atoms with Gasteiger partial charge in [-0.15, -0.1) is 0 Å². The highest BCUT2D eigenvalue weighted by atomic mass is 16.3. The molecule has 1 fully saturated rings. The number of carbonyl (C=O) groups excluding carboxylic acids is 1. The lowest BCUT2D eigenvalue weighted by Crippen LogP contribution is -1.74. The lowest BCUT2D eigenvalue weighted by Gasteiger charge is -1.85. The molecule has 0 aromatic carbocycles. The van der Waals surface area contributed by atoms with Crippen molar-refractivity contribution < 1.29 is 9.21 Å². The highest BCUT2D eigenvalue weighted by molar-refractivity contribution is 5.73. The summed E-state index contributed by atoms with van der Waals surface area (Å²) in [5.41, 5.74) is 0.960. The number of rotatable bonds is 2. The van der Waals surface area contributed by atoms with Crippen molar-refractivity contribution in [3.05, 3.63) is 23.2 Å². The van der Waals surface area contributed by atoms with Crippen LogP contribution in [-0.4, -0.2) is 6.29 Å². The summed E-state index contributed by atoms with van der Waals surface area (Å²) in [6.07, 6.45) is 3.21. The maximum absolute atomic E-state index is 10.4. The highest BCUT2D eigenvalue weighted by Gasteiger charge is 2.27. The number of hydrogen-bond donors (Lipinski definition) is 0. The first kappa shape index (κ1) is 6.65. The Hall–Kier alpha value is -1.05. The van der Waals surface area contributed by atoms with E-state index in [0.29, 0.717) is 11.7 Å². The molecule has 2 nitrogen and oxygen atoms in total. The van der Waals surface area contributed by atoms with Crippen LogP contribution >= 0.6 is 0 Å². The fourth-order valence-corrected chi connectivity index (χ4v) is 1.21. The van der Waals surface area contributed by atoms with Gasteiger partial charge in [-0.25, -0.2) is 0 Å².